The zero-order valence-electron chi connectivity index (χ0n) is 31.8. The maximum absolute atomic E-state index is 11.7. The number of unbranched alkanes of at least 4 members (excludes halogenated alkanes) is 1. The van der Waals surface area contributed by atoms with Crippen molar-refractivity contribution in [3.63, 3.8) is 0 Å². The van der Waals surface area contributed by atoms with Gasteiger partial charge in [-0.3, -0.25) is 4.79 Å². The Kier molecular flexibility index (Phi) is 22.9. The van der Waals surface area contributed by atoms with Crippen LogP contribution in [0.1, 0.15) is 136 Å². The van der Waals surface area contributed by atoms with Gasteiger partial charge < -0.3 is 4.42 Å². The number of aryl methyl sites for hydroxylation is 1. The Morgan fingerprint density at radius 3 is 1.92 bits per heavy atom. The van der Waals surface area contributed by atoms with Crippen molar-refractivity contribution in [3.05, 3.63) is 101 Å². The number of carbonyl (C=O) groups excluding carboxylic acids is 2. The molecule has 4 nitrogen and oxygen atoms in total. The SMILES string of the molecule is C=C(/C=C(\c1oc(C(C)=O)cc1C)C(C)(C)C)c1ccc(Cl)c(P)c1.C=C/C=C(C)\C(=C/CC)C(=O)OF.CCC(C)(C)C.CCCC. The monoisotopic (exact) mass is 702 g/mol. The molecule has 0 aliphatic heterocycles. The third-order valence-corrected chi connectivity index (χ3v) is 8.06. The number of allylic oxidation sites excluding steroid dienone is 6. The van der Waals surface area contributed by atoms with Crippen LogP contribution in [0.4, 0.5) is 4.53 Å². The molecular weight excluding hydrogens is 642 g/mol. The molecule has 2 aromatic rings. The molecule has 2 rings (SSSR count). The van der Waals surface area contributed by atoms with Crippen LogP contribution in [0.15, 0.2) is 77.3 Å². The summed E-state index contributed by atoms with van der Waals surface area (Å²) in [5, 5.41) is 1.63. The van der Waals surface area contributed by atoms with Crippen LogP contribution >= 0.6 is 20.8 Å². The predicted molar refractivity (Wildman–Crippen MR) is 211 cm³/mol. The van der Waals surface area contributed by atoms with Gasteiger partial charge in [0.25, 0.3) is 0 Å². The third-order valence-electron chi connectivity index (χ3n) is 7.05. The van der Waals surface area contributed by atoms with Crippen molar-refractivity contribution in [2.24, 2.45) is 10.8 Å². The first-order valence-electron chi connectivity index (χ1n) is 16.6. The molecular formula is C41H61ClFO4P. The minimum atomic E-state index is -0.961. The molecule has 1 atom stereocenters. The van der Waals surface area contributed by atoms with Crippen LogP contribution in [-0.2, 0) is 9.74 Å². The van der Waals surface area contributed by atoms with Gasteiger partial charge >= 0.3 is 5.97 Å². The van der Waals surface area contributed by atoms with Crippen molar-refractivity contribution < 1.29 is 23.5 Å². The summed E-state index contributed by atoms with van der Waals surface area (Å²) in [6.07, 6.45) is 11.4. The molecule has 0 fully saturated rings. The smallest absolute Gasteiger partial charge is 0.379 e. The van der Waals surface area contributed by atoms with E-state index in [1.807, 2.05) is 38.1 Å². The van der Waals surface area contributed by atoms with Crippen molar-refractivity contribution in [3.8, 4) is 0 Å². The van der Waals surface area contributed by atoms with E-state index in [9.17, 15) is 14.1 Å². The van der Waals surface area contributed by atoms with Crippen molar-refractivity contribution >= 4 is 49.0 Å². The van der Waals surface area contributed by atoms with E-state index >= 15 is 0 Å². The molecule has 1 aromatic heterocycles. The Labute approximate surface area is 298 Å². The molecule has 268 valence electrons. The lowest BCUT2D eigenvalue weighted by molar-refractivity contribution is -0.177. The number of furan rings is 1. The minimum Gasteiger partial charge on any atom is -0.453 e. The molecule has 0 aliphatic carbocycles. The van der Waals surface area contributed by atoms with Crippen molar-refractivity contribution in [2.75, 3.05) is 0 Å². The quantitative estimate of drug-likeness (QED) is 0.113. The van der Waals surface area contributed by atoms with Gasteiger partial charge in [0.1, 0.15) is 5.76 Å². The second kappa shape index (κ2) is 23.4. The molecule has 0 spiro atoms. The Morgan fingerprint density at radius 1 is 1.02 bits per heavy atom. The van der Waals surface area contributed by atoms with Gasteiger partial charge in [-0.25, -0.2) is 9.74 Å². The van der Waals surface area contributed by atoms with Crippen LogP contribution in [0.5, 0.6) is 0 Å². The van der Waals surface area contributed by atoms with Crippen LogP contribution in [-0.4, -0.2) is 11.8 Å². The fourth-order valence-corrected chi connectivity index (χ4v) is 3.86. The van der Waals surface area contributed by atoms with Gasteiger partial charge in [0.15, 0.2) is 11.5 Å². The highest BCUT2D eigenvalue weighted by Crippen LogP contribution is 2.39. The largest absolute Gasteiger partial charge is 0.453 e. The van der Waals surface area contributed by atoms with Gasteiger partial charge in [-0.2, -0.15) is 0 Å². The molecule has 1 unspecified atom stereocenters. The van der Waals surface area contributed by atoms with Gasteiger partial charge in [0.2, 0.25) is 0 Å². The van der Waals surface area contributed by atoms with E-state index in [-0.39, 0.29) is 16.8 Å². The van der Waals surface area contributed by atoms with Crippen molar-refractivity contribution in [1.29, 1.82) is 0 Å². The number of benzene rings is 1. The average Bonchev–Trinajstić information content (AvgIpc) is 3.40. The summed E-state index contributed by atoms with van der Waals surface area (Å²) in [6.45, 7) is 34.3. The number of ketones is 1. The number of Topliss-reactive ketones (excluding diaryl/α,β-unsaturated/α-hetero) is 1. The van der Waals surface area contributed by atoms with Crippen LogP contribution in [0.2, 0.25) is 5.02 Å². The van der Waals surface area contributed by atoms with E-state index < -0.39 is 5.97 Å². The van der Waals surface area contributed by atoms with Gasteiger partial charge in [-0.05, 0) is 83.0 Å². The Bertz CT molecular complexity index is 1430. The zero-order chi connectivity index (χ0) is 37.8. The summed E-state index contributed by atoms with van der Waals surface area (Å²) in [6, 6.07) is 7.59. The van der Waals surface area contributed by atoms with Gasteiger partial charge in [-0.1, -0.05) is 138 Å². The Balaban J connectivity index is 0. The second-order valence-electron chi connectivity index (χ2n) is 13.6. The topological polar surface area (TPSA) is 56.5 Å². The summed E-state index contributed by atoms with van der Waals surface area (Å²) in [5.41, 5.74) is 5.06. The predicted octanol–water partition coefficient (Wildman–Crippen LogP) is 13.2. The molecule has 1 heterocycles. The van der Waals surface area contributed by atoms with E-state index in [0.717, 1.165) is 33.3 Å². The molecule has 0 radical (unpaired) electrons. The maximum atomic E-state index is 11.7. The normalized spacial score (nSPS) is 12.0. The van der Waals surface area contributed by atoms with Gasteiger partial charge in [-0.15, -0.1) is 9.24 Å². The zero-order valence-corrected chi connectivity index (χ0v) is 33.7. The van der Waals surface area contributed by atoms with E-state index in [0.29, 0.717) is 28.2 Å². The lowest BCUT2D eigenvalue weighted by Crippen LogP contribution is -2.09. The maximum Gasteiger partial charge on any atom is 0.379 e. The van der Waals surface area contributed by atoms with Crippen LogP contribution < -0.4 is 5.30 Å². The average molecular weight is 703 g/mol. The standard InChI is InChI=1S/C21H24ClO2P.C10H13FO2.C6H14.C4H10/c1-12(15-7-8-17(22)19(25)11-15)9-16(21(4,5)6)20-13(2)10-18(24-20)14(3)23;1-4-6-8(3)9(7-5-2)10(12)13-11;1-5-6(2,3)4;1-3-4-2/h7-11H,1,25H2,2-6H3;4,6-7H,1,5H2,2-3H3;5H2,1-4H3;3-4H2,1-2H3/b16-9+;8-6-,9-7+;;. The van der Waals surface area contributed by atoms with Gasteiger partial charge in [0, 0.05) is 22.0 Å². The van der Waals surface area contributed by atoms with E-state index in [1.165, 1.54) is 32.3 Å². The third kappa shape index (κ3) is 18.5. The highest BCUT2D eigenvalue weighted by atomic mass is 35.5. The highest BCUT2D eigenvalue weighted by Gasteiger charge is 2.25. The summed E-state index contributed by atoms with van der Waals surface area (Å²) in [5.74, 6) is 0.0788. The lowest BCUT2D eigenvalue weighted by Gasteiger charge is -2.23. The number of hydrogen-bond acceptors (Lipinski definition) is 4. The molecule has 0 amide bonds. The number of rotatable bonds is 9. The fourth-order valence-electron chi connectivity index (χ4n) is 3.46. The first-order chi connectivity index (χ1) is 22.1. The van der Waals surface area contributed by atoms with E-state index in [2.05, 4.69) is 89.7 Å². The summed E-state index contributed by atoms with van der Waals surface area (Å²) in [4.78, 5) is 25.7. The molecule has 7 heteroatoms. The van der Waals surface area contributed by atoms with Crippen LogP contribution in [0.25, 0.3) is 11.1 Å². The summed E-state index contributed by atoms with van der Waals surface area (Å²) < 4.78 is 17.5. The Hall–Kier alpha value is -3.01. The highest BCUT2D eigenvalue weighted by molar-refractivity contribution is 7.28. The number of carbonyl (C=O) groups is 2. The summed E-state index contributed by atoms with van der Waals surface area (Å²) >= 11 is 6.10. The number of hydrogen-bond donors (Lipinski definition) is 0. The van der Waals surface area contributed by atoms with Crippen LogP contribution in [0.3, 0.4) is 0 Å². The molecule has 0 N–H and O–H groups in total. The lowest BCUT2D eigenvalue weighted by atomic mass is 9.82. The van der Waals surface area contributed by atoms with E-state index in [1.54, 1.807) is 25.1 Å². The Morgan fingerprint density at radius 2 is 1.56 bits per heavy atom. The van der Waals surface area contributed by atoms with Gasteiger partial charge in [0.05, 0.1) is 5.57 Å². The fraction of sp³-hybridized carbons (Fsp3) is 0.463. The minimum absolute atomic E-state index is 0.0770. The molecule has 0 saturated carbocycles. The molecule has 0 aliphatic rings. The number of halogens is 2. The molecule has 0 saturated heterocycles. The van der Waals surface area contributed by atoms with Crippen molar-refractivity contribution in [2.45, 2.75) is 116 Å². The molecule has 1 aromatic carbocycles. The second-order valence-corrected chi connectivity index (χ2v) is 14.7. The molecule has 0 bridgehead atoms. The van der Waals surface area contributed by atoms with E-state index in [4.69, 9.17) is 16.0 Å². The van der Waals surface area contributed by atoms with Crippen molar-refractivity contribution in [1.82, 2.24) is 0 Å². The summed E-state index contributed by atoms with van der Waals surface area (Å²) in [7, 11) is 2.63. The first-order valence-corrected chi connectivity index (χ1v) is 17.5. The van der Waals surface area contributed by atoms with Crippen LogP contribution in [0, 0.1) is 17.8 Å². The molecule has 48 heavy (non-hydrogen) atoms. The first kappa shape index (κ1) is 47.1.